The van der Waals surface area contributed by atoms with Crippen LogP contribution in [0.1, 0.15) is 19.3 Å². The third-order valence-corrected chi connectivity index (χ3v) is 1.15. The minimum absolute atomic E-state index is 0.201. The molecule has 1 aliphatic rings. The first kappa shape index (κ1) is 5.61. The second kappa shape index (κ2) is 1.77. The van der Waals surface area contributed by atoms with Crippen LogP contribution in [0.3, 0.4) is 0 Å². The van der Waals surface area contributed by atoms with Gasteiger partial charge >= 0.3 is 0 Å². The Morgan fingerprint density at radius 2 is 2.00 bits per heavy atom. The standard InChI is InChI=1S/C6H8O2/c7-6(8)4-2-1-3-5-6/h7-8H,2,4-5H2. The van der Waals surface area contributed by atoms with Crippen molar-refractivity contribution in [2.45, 2.75) is 25.0 Å². The molecule has 0 radical (unpaired) electrons. The van der Waals surface area contributed by atoms with Crippen LogP contribution in [-0.4, -0.2) is 16.0 Å². The molecular weight excluding hydrogens is 104 g/mol. The van der Waals surface area contributed by atoms with E-state index >= 15 is 0 Å². The third-order valence-electron chi connectivity index (χ3n) is 1.15. The lowest BCUT2D eigenvalue weighted by Gasteiger charge is -2.19. The highest BCUT2D eigenvalue weighted by Crippen LogP contribution is 2.15. The maximum atomic E-state index is 8.83. The Morgan fingerprint density at radius 3 is 2.25 bits per heavy atom. The zero-order valence-electron chi connectivity index (χ0n) is 4.52. The van der Waals surface area contributed by atoms with Gasteiger partial charge in [-0.15, -0.1) is 5.92 Å². The lowest BCUT2D eigenvalue weighted by Crippen LogP contribution is -2.28. The Labute approximate surface area is 48.1 Å². The third kappa shape index (κ3) is 1.22. The number of rotatable bonds is 0. The van der Waals surface area contributed by atoms with Crippen molar-refractivity contribution in [1.82, 2.24) is 0 Å². The molecule has 0 amide bonds. The first-order valence-electron chi connectivity index (χ1n) is 2.61. The number of hydrogen-bond donors (Lipinski definition) is 2. The molecule has 0 aromatic heterocycles. The highest BCUT2D eigenvalue weighted by molar-refractivity contribution is 5.06. The molecule has 0 spiro atoms. The Kier molecular flexibility index (Phi) is 1.24. The van der Waals surface area contributed by atoms with Gasteiger partial charge in [-0.1, -0.05) is 5.92 Å². The monoisotopic (exact) mass is 112 g/mol. The second-order valence-electron chi connectivity index (χ2n) is 2.01. The summed E-state index contributed by atoms with van der Waals surface area (Å²) in [6, 6.07) is 0. The van der Waals surface area contributed by atoms with Gasteiger partial charge in [0.2, 0.25) is 0 Å². The zero-order chi connectivity index (χ0) is 6.04. The molecule has 0 bridgehead atoms. The minimum Gasteiger partial charge on any atom is -0.365 e. The second-order valence-corrected chi connectivity index (χ2v) is 2.01. The lowest BCUT2D eigenvalue weighted by atomic mass is 10.0. The summed E-state index contributed by atoms with van der Waals surface area (Å²) in [5.74, 6) is 3.90. The van der Waals surface area contributed by atoms with Crippen LogP contribution in [0.2, 0.25) is 0 Å². The summed E-state index contributed by atoms with van der Waals surface area (Å²) in [6.07, 6.45) is 1.19. The molecule has 1 aliphatic carbocycles. The van der Waals surface area contributed by atoms with Crippen LogP contribution in [0.25, 0.3) is 0 Å². The summed E-state index contributed by atoms with van der Waals surface area (Å²) < 4.78 is 0. The normalized spacial score (nSPS) is 23.8. The van der Waals surface area contributed by atoms with Crippen LogP contribution >= 0.6 is 0 Å². The Balaban J connectivity index is 2.56. The summed E-state index contributed by atoms with van der Waals surface area (Å²) >= 11 is 0. The van der Waals surface area contributed by atoms with Crippen LogP contribution < -0.4 is 0 Å². The van der Waals surface area contributed by atoms with E-state index in [-0.39, 0.29) is 6.42 Å². The van der Waals surface area contributed by atoms with Gasteiger partial charge in [-0.05, 0) is 0 Å². The molecule has 8 heavy (non-hydrogen) atoms. The smallest absolute Gasteiger partial charge is 0.174 e. The highest BCUT2D eigenvalue weighted by Gasteiger charge is 2.22. The predicted molar refractivity (Wildman–Crippen MR) is 28.8 cm³/mol. The first-order valence-corrected chi connectivity index (χ1v) is 2.61. The summed E-state index contributed by atoms with van der Waals surface area (Å²) in [5.41, 5.74) is 0. The topological polar surface area (TPSA) is 40.5 Å². The molecule has 2 heteroatoms. The van der Waals surface area contributed by atoms with Crippen LogP contribution in [0, 0.1) is 11.8 Å². The molecule has 0 aromatic rings. The fourth-order valence-electron chi connectivity index (χ4n) is 0.644. The van der Waals surface area contributed by atoms with E-state index in [1.54, 1.807) is 0 Å². The molecule has 0 saturated carbocycles. The van der Waals surface area contributed by atoms with Gasteiger partial charge in [0, 0.05) is 12.8 Å². The van der Waals surface area contributed by atoms with Crippen molar-refractivity contribution in [2.75, 3.05) is 0 Å². The molecule has 0 atom stereocenters. The van der Waals surface area contributed by atoms with Gasteiger partial charge in [0.1, 0.15) is 0 Å². The summed E-state index contributed by atoms with van der Waals surface area (Å²) in [5, 5.41) is 17.7. The van der Waals surface area contributed by atoms with Gasteiger partial charge in [-0.2, -0.15) is 0 Å². The molecule has 0 fully saturated rings. The Bertz CT molecular complexity index is 138. The molecule has 2 N–H and O–H groups in total. The van der Waals surface area contributed by atoms with Crippen LogP contribution in [0.15, 0.2) is 0 Å². The van der Waals surface area contributed by atoms with E-state index in [1.807, 2.05) is 0 Å². The van der Waals surface area contributed by atoms with E-state index in [2.05, 4.69) is 11.8 Å². The minimum atomic E-state index is -1.49. The van der Waals surface area contributed by atoms with E-state index in [9.17, 15) is 0 Å². The summed E-state index contributed by atoms with van der Waals surface area (Å²) in [7, 11) is 0. The van der Waals surface area contributed by atoms with Gasteiger partial charge in [0.05, 0.1) is 6.42 Å². The van der Waals surface area contributed by atoms with Crippen molar-refractivity contribution in [3.63, 3.8) is 0 Å². The van der Waals surface area contributed by atoms with Gasteiger partial charge in [0.25, 0.3) is 0 Å². The first-order chi connectivity index (χ1) is 3.71. The molecule has 0 aromatic carbocycles. The van der Waals surface area contributed by atoms with Crippen molar-refractivity contribution in [2.24, 2.45) is 0 Å². The van der Waals surface area contributed by atoms with E-state index in [0.717, 1.165) is 0 Å². The van der Waals surface area contributed by atoms with Gasteiger partial charge in [0.15, 0.2) is 5.79 Å². The van der Waals surface area contributed by atoms with Crippen LogP contribution in [0.4, 0.5) is 0 Å². The van der Waals surface area contributed by atoms with Crippen LogP contribution in [-0.2, 0) is 0 Å². The van der Waals surface area contributed by atoms with E-state index < -0.39 is 5.79 Å². The van der Waals surface area contributed by atoms with Crippen LogP contribution in [0.5, 0.6) is 0 Å². The summed E-state index contributed by atoms with van der Waals surface area (Å²) in [6.45, 7) is 0. The average Bonchev–Trinajstić information content (AvgIpc) is 1.65. The van der Waals surface area contributed by atoms with Crippen molar-refractivity contribution < 1.29 is 10.2 Å². The quantitative estimate of drug-likeness (QED) is 0.338. The predicted octanol–water partition coefficient (Wildman–Crippen LogP) is -0.145. The Hall–Kier alpha value is -0.520. The highest BCUT2D eigenvalue weighted by atomic mass is 16.5. The molecule has 1 rings (SSSR count). The zero-order valence-corrected chi connectivity index (χ0v) is 4.52. The molecule has 44 valence electrons. The lowest BCUT2D eigenvalue weighted by molar-refractivity contribution is -0.161. The molecule has 0 saturated heterocycles. The van der Waals surface area contributed by atoms with E-state index in [4.69, 9.17) is 10.2 Å². The van der Waals surface area contributed by atoms with Crippen molar-refractivity contribution >= 4 is 0 Å². The molecule has 0 aliphatic heterocycles. The van der Waals surface area contributed by atoms with Gasteiger partial charge in [-0.3, -0.25) is 0 Å². The van der Waals surface area contributed by atoms with Crippen molar-refractivity contribution in [3.05, 3.63) is 0 Å². The van der Waals surface area contributed by atoms with Gasteiger partial charge in [-0.25, -0.2) is 0 Å². The number of aliphatic hydroxyl groups is 2. The number of hydrogen-bond acceptors (Lipinski definition) is 2. The Morgan fingerprint density at radius 1 is 1.25 bits per heavy atom. The largest absolute Gasteiger partial charge is 0.365 e. The molecule has 0 heterocycles. The van der Waals surface area contributed by atoms with E-state index in [1.165, 1.54) is 0 Å². The fourth-order valence-corrected chi connectivity index (χ4v) is 0.644. The van der Waals surface area contributed by atoms with Gasteiger partial charge < -0.3 is 10.2 Å². The summed E-state index contributed by atoms with van der Waals surface area (Å²) in [4.78, 5) is 0. The molecule has 0 unspecified atom stereocenters. The average molecular weight is 112 g/mol. The van der Waals surface area contributed by atoms with Crippen molar-refractivity contribution in [3.8, 4) is 11.8 Å². The van der Waals surface area contributed by atoms with E-state index in [0.29, 0.717) is 12.8 Å². The maximum Gasteiger partial charge on any atom is 0.174 e. The SMILES string of the molecule is OC1(O)CC#CCC1. The fraction of sp³-hybridized carbons (Fsp3) is 0.667. The molecule has 2 nitrogen and oxygen atoms in total. The van der Waals surface area contributed by atoms with Crippen molar-refractivity contribution in [1.29, 1.82) is 0 Å². The maximum absolute atomic E-state index is 8.83. The molecular formula is C6H8O2.